The average Bonchev–Trinajstić information content (AvgIpc) is 2.96. The molecule has 0 aliphatic carbocycles. The number of nitrogens with zero attached hydrogens (tertiary/aromatic N) is 3. The molecule has 0 unspecified atom stereocenters. The Labute approximate surface area is 125 Å². The molecule has 2 N–H and O–H groups in total. The van der Waals surface area contributed by atoms with Crippen LogP contribution in [-0.2, 0) is 0 Å². The highest BCUT2D eigenvalue weighted by molar-refractivity contribution is 7.17. The molecule has 8 heteroatoms. The summed E-state index contributed by atoms with van der Waals surface area (Å²) in [5.74, 6) is 0.0403. The molecule has 1 heterocycles. The quantitative estimate of drug-likeness (QED) is 0.877. The number of aromatic nitrogens is 2. The summed E-state index contributed by atoms with van der Waals surface area (Å²) in [7, 11) is 1.47. The fraction of sp³-hybridized carbons (Fsp3) is 0.231. The van der Waals surface area contributed by atoms with Gasteiger partial charge in [-0.3, -0.25) is 4.79 Å². The van der Waals surface area contributed by atoms with Crippen LogP contribution in [0.3, 0.4) is 0 Å². The lowest BCUT2D eigenvalue weighted by Gasteiger charge is -2.08. The number of ether oxygens (including phenoxy) is 1. The number of carbonyl (C=O) groups excluding carboxylic acids is 1. The maximum Gasteiger partial charge on any atom is 0.286 e. The molecular formula is C13H13N5O2S. The van der Waals surface area contributed by atoms with Crippen molar-refractivity contribution in [1.82, 2.24) is 10.2 Å². The molecule has 0 radical (unpaired) electrons. The van der Waals surface area contributed by atoms with E-state index in [9.17, 15) is 4.79 Å². The molecule has 0 fully saturated rings. The first-order valence-electron chi connectivity index (χ1n) is 6.14. The molecule has 0 aliphatic rings. The lowest BCUT2D eigenvalue weighted by atomic mass is 10.2. The molecule has 1 aromatic heterocycles. The number of hydrogen-bond acceptors (Lipinski definition) is 7. The van der Waals surface area contributed by atoms with E-state index in [1.165, 1.54) is 18.4 Å². The molecule has 0 aliphatic heterocycles. The zero-order chi connectivity index (χ0) is 15.2. The minimum atomic E-state index is -0.375. The third-order valence-corrected chi connectivity index (χ3v) is 3.41. The molecule has 0 bridgehead atoms. The lowest BCUT2D eigenvalue weighted by molar-refractivity contribution is 0.102. The van der Waals surface area contributed by atoms with E-state index in [-0.39, 0.29) is 10.9 Å². The Morgan fingerprint density at radius 3 is 2.95 bits per heavy atom. The van der Waals surface area contributed by atoms with Crippen molar-refractivity contribution in [3.05, 3.63) is 28.8 Å². The number of nitrogens with one attached hydrogen (secondary N) is 2. The second kappa shape index (κ2) is 6.67. The Morgan fingerprint density at radius 2 is 2.29 bits per heavy atom. The van der Waals surface area contributed by atoms with Gasteiger partial charge in [0, 0.05) is 12.6 Å². The molecule has 0 spiro atoms. The van der Waals surface area contributed by atoms with E-state index in [1.807, 2.05) is 13.0 Å². The number of carbonyl (C=O) groups is 1. The first-order chi connectivity index (χ1) is 10.2. The fourth-order valence-electron chi connectivity index (χ4n) is 1.58. The van der Waals surface area contributed by atoms with Crippen molar-refractivity contribution in [2.75, 3.05) is 24.3 Å². The largest absolute Gasteiger partial charge is 0.495 e. The maximum atomic E-state index is 12.1. The van der Waals surface area contributed by atoms with E-state index in [0.29, 0.717) is 28.7 Å². The zero-order valence-corrected chi connectivity index (χ0v) is 12.3. The third-order valence-electron chi connectivity index (χ3n) is 2.53. The van der Waals surface area contributed by atoms with Crippen molar-refractivity contribution in [3.63, 3.8) is 0 Å². The van der Waals surface area contributed by atoms with Gasteiger partial charge in [0.2, 0.25) is 10.1 Å². The maximum absolute atomic E-state index is 12.1. The molecular weight excluding hydrogens is 290 g/mol. The molecule has 21 heavy (non-hydrogen) atoms. The van der Waals surface area contributed by atoms with Crippen LogP contribution in [0.25, 0.3) is 0 Å². The summed E-state index contributed by atoms with van der Waals surface area (Å²) in [6.45, 7) is 2.64. The van der Waals surface area contributed by atoms with Crippen LogP contribution in [0.4, 0.5) is 10.8 Å². The topological polar surface area (TPSA) is 99.9 Å². The van der Waals surface area contributed by atoms with Gasteiger partial charge in [0.25, 0.3) is 5.91 Å². The summed E-state index contributed by atoms with van der Waals surface area (Å²) < 4.78 is 5.16. The van der Waals surface area contributed by atoms with Crippen LogP contribution in [0.1, 0.15) is 22.3 Å². The summed E-state index contributed by atoms with van der Waals surface area (Å²) in [6.07, 6.45) is 0. The zero-order valence-electron chi connectivity index (χ0n) is 11.5. The predicted octanol–water partition coefficient (Wildman–Crippen LogP) is 2.10. The Kier molecular flexibility index (Phi) is 4.68. The standard InChI is InChI=1S/C13H13N5O2S/c1-3-15-13-18-17-12(21-13)11(19)16-9-5-4-8(7-14)6-10(9)20-2/h4-6H,3H2,1-2H3,(H,15,18)(H,16,19). The van der Waals surface area contributed by atoms with E-state index >= 15 is 0 Å². The number of anilines is 2. The van der Waals surface area contributed by atoms with Gasteiger partial charge < -0.3 is 15.4 Å². The molecule has 2 rings (SSSR count). The Hall–Kier alpha value is -2.66. The molecule has 7 nitrogen and oxygen atoms in total. The number of hydrogen-bond donors (Lipinski definition) is 2. The van der Waals surface area contributed by atoms with E-state index < -0.39 is 0 Å². The smallest absolute Gasteiger partial charge is 0.286 e. The van der Waals surface area contributed by atoms with Gasteiger partial charge in [-0.25, -0.2) is 0 Å². The SMILES string of the molecule is CCNc1nnc(C(=O)Nc2ccc(C#N)cc2OC)s1. The number of amides is 1. The minimum Gasteiger partial charge on any atom is -0.495 e. The summed E-state index contributed by atoms with van der Waals surface area (Å²) in [4.78, 5) is 12.1. The monoisotopic (exact) mass is 303 g/mol. The third kappa shape index (κ3) is 3.46. The van der Waals surface area contributed by atoms with Gasteiger partial charge in [-0.05, 0) is 19.1 Å². The van der Waals surface area contributed by atoms with Crippen molar-refractivity contribution in [1.29, 1.82) is 5.26 Å². The van der Waals surface area contributed by atoms with E-state index in [4.69, 9.17) is 10.00 Å². The number of methoxy groups -OCH3 is 1. The van der Waals surface area contributed by atoms with Gasteiger partial charge in [0.05, 0.1) is 24.4 Å². The first-order valence-corrected chi connectivity index (χ1v) is 6.96. The highest BCUT2D eigenvalue weighted by Gasteiger charge is 2.15. The van der Waals surface area contributed by atoms with Crippen LogP contribution in [0.15, 0.2) is 18.2 Å². The summed E-state index contributed by atoms with van der Waals surface area (Å²) in [6, 6.07) is 6.78. The molecule has 108 valence electrons. The highest BCUT2D eigenvalue weighted by atomic mass is 32.1. The second-order valence-corrected chi connectivity index (χ2v) is 4.90. The van der Waals surface area contributed by atoms with Crippen molar-refractivity contribution in [2.45, 2.75) is 6.92 Å². The average molecular weight is 303 g/mol. The summed E-state index contributed by atoms with van der Waals surface area (Å²) >= 11 is 1.17. The van der Waals surface area contributed by atoms with Gasteiger partial charge in [0.1, 0.15) is 5.75 Å². The van der Waals surface area contributed by atoms with Crippen LogP contribution in [0.5, 0.6) is 5.75 Å². The lowest BCUT2D eigenvalue weighted by Crippen LogP contribution is -2.12. The Balaban J connectivity index is 2.17. The van der Waals surface area contributed by atoms with Gasteiger partial charge in [-0.1, -0.05) is 11.3 Å². The first kappa shape index (κ1) is 14.7. The molecule has 1 amide bonds. The van der Waals surface area contributed by atoms with Crippen molar-refractivity contribution in [2.24, 2.45) is 0 Å². The second-order valence-electron chi connectivity index (χ2n) is 3.92. The fourth-order valence-corrected chi connectivity index (χ4v) is 2.28. The van der Waals surface area contributed by atoms with Crippen LogP contribution in [0, 0.1) is 11.3 Å². The van der Waals surface area contributed by atoms with Crippen LogP contribution in [0.2, 0.25) is 0 Å². The van der Waals surface area contributed by atoms with Gasteiger partial charge in [-0.2, -0.15) is 5.26 Å². The van der Waals surface area contributed by atoms with Gasteiger partial charge in [0.15, 0.2) is 0 Å². The van der Waals surface area contributed by atoms with Crippen LogP contribution in [-0.4, -0.2) is 29.8 Å². The van der Waals surface area contributed by atoms with Crippen LogP contribution >= 0.6 is 11.3 Å². The van der Waals surface area contributed by atoms with E-state index in [2.05, 4.69) is 20.8 Å². The van der Waals surface area contributed by atoms with Gasteiger partial charge in [-0.15, -0.1) is 10.2 Å². The van der Waals surface area contributed by atoms with Crippen molar-refractivity contribution in [3.8, 4) is 11.8 Å². The molecule has 0 saturated carbocycles. The minimum absolute atomic E-state index is 0.248. The van der Waals surface area contributed by atoms with E-state index in [0.717, 1.165) is 0 Å². The molecule has 0 saturated heterocycles. The molecule has 0 atom stereocenters. The number of rotatable bonds is 5. The Morgan fingerprint density at radius 1 is 1.48 bits per heavy atom. The molecule has 2 aromatic rings. The number of benzene rings is 1. The van der Waals surface area contributed by atoms with E-state index in [1.54, 1.807) is 18.2 Å². The molecule has 1 aromatic carbocycles. The number of nitriles is 1. The highest BCUT2D eigenvalue weighted by Crippen LogP contribution is 2.26. The van der Waals surface area contributed by atoms with Gasteiger partial charge >= 0.3 is 0 Å². The summed E-state index contributed by atoms with van der Waals surface area (Å²) in [5, 5.41) is 23.0. The summed E-state index contributed by atoms with van der Waals surface area (Å²) in [5.41, 5.74) is 0.928. The Bertz CT molecular complexity index is 692. The predicted molar refractivity (Wildman–Crippen MR) is 79.7 cm³/mol. The van der Waals surface area contributed by atoms with Crippen molar-refractivity contribution < 1.29 is 9.53 Å². The van der Waals surface area contributed by atoms with Crippen LogP contribution < -0.4 is 15.4 Å². The van der Waals surface area contributed by atoms with Crippen molar-refractivity contribution >= 4 is 28.1 Å². The normalized spacial score (nSPS) is 9.76.